The number of hydrogen-bond donors (Lipinski definition) is 1. The molecule has 1 atom stereocenters. The molecule has 0 spiro atoms. The second kappa shape index (κ2) is 4.46. The van der Waals surface area contributed by atoms with Gasteiger partial charge in [-0.05, 0) is 22.4 Å². The molecule has 0 aliphatic carbocycles. The Labute approximate surface area is 107 Å². The van der Waals surface area contributed by atoms with Gasteiger partial charge in [0.15, 0.2) is 9.84 Å². The van der Waals surface area contributed by atoms with E-state index in [1.54, 1.807) is 0 Å². The molecule has 1 saturated heterocycles. The van der Waals surface area contributed by atoms with Crippen LogP contribution in [0.2, 0.25) is 5.15 Å². The van der Waals surface area contributed by atoms with Crippen molar-refractivity contribution in [2.75, 3.05) is 16.8 Å². The summed E-state index contributed by atoms with van der Waals surface area (Å²) in [5.41, 5.74) is 0. The van der Waals surface area contributed by atoms with Crippen molar-refractivity contribution in [1.29, 1.82) is 0 Å². The van der Waals surface area contributed by atoms with E-state index in [1.807, 2.05) is 0 Å². The second-order valence-corrected chi connectivity index (χ2v) is 6.95. The van der Waals surface area contributed by atoms with E-state index in [-0.39, 0.29) is 17.5 Å². The lowest BCUT2D eigenvalue weighted by Gasteiger charge is -2.12. The molecular weight excluding hydrogens is 318 g/mol. The highest BCUT2D eigenvalue weighted by molar-refractivity contribution is 9.10. The fourth-order valence-electron chi connectivity index (χ4n) is 1.55. The van der Waals surface area contributed by atoms with Gasteiger partial charge in [-0.3, -0.25) is 0 Å². The lowest BCUT2D eigenvalue weighted by atomic mass is 10.2. The highest BCUT2D eigenvalue weighted by Gasteiger charge is 2.28. The Bertz CT molecular complexity index is 508. The second-order valence-electron chi connectivity index (χ2n) is 3.57. The third-order valence-electron chi connectivity index (χ3n) is 2.32. The van der Waals surface area contributed by atoms with Crippen LogP contribution in [0.3, 0.4) is 0 Å². The molecule has 1 fully saturated rings. The number of aromatic nitrogens is 2. The van der Waals surface area contributed by atoms with E-state index < -0.39 is 9.84 Å². The molecule has 8 heteroatoms. The number of nitrogens with one attached hydrogen (secondary N) is 1. The minimum absolute atomic E-state index is 0.104. The van der Waals surface area contributed by atoms with E-state index in [0.29, 0.717) is 21.9 Å². The molecule has 0 saturated carbocycles. The van der Waals surface area contributed by atoms with Gasteiger partial charge in [-0.25, -0.2) is 18.4 Å². The van der Waals surface area contributed by atoms with E-state index in [0.717, 1.165) is 0 Å². The minimum atomic E-state index is -2.89. The Hall–Kier alpha value is -0.400. The van der Waals surface area contributed by atoms with Crippen LogP contribution in [0.15, 0.2) is 10.8 Å². The Morgan fingerprint density at radius 3 is 2.88 bits per heavy atom. The van der Waals surface area contributed by atoms with Crippen LogP contribution in [0, 0.1) is 0 Å². The third-order valence-corrected chi connectivity index (χ3v) is 5.35. The van der Waals surface area contributed by atoms with Crippen molar-refractivity contribution in [2.45, 2.75) is 12.5 Å². The summed E-state index contributed by atoms with van der Waals surface area (Å²) in [6.07, 6.45) is 1.93. The average Bonchev–Trinajstić information content (AvgIpc) is 2.53. The van der Waals surface area contributed by atoms with Gasteiger partial charge in [0.1, 0.15) is 17.3 Å². The maximum absolute atomic E-state index is 11.3. The molecule has 1 aromatic heterocycles. The first-order valence-corrected chi connectivity index (χ1v) is 7.60. The number of sulfone groups is 1. The summed E-state index contributed by atoms with van der Waals surface area (Å²) >= 11 is 9.05. The summed E-state index contributed by atoms with van der Waals surface area (Å²) in [5.74, 6) is 0.893. The van der Waals surface area contributed by atoms with Crippen LogP contribution in [0.25, 0.3) is 0 Å². The molecule has 0 radical (unpaired) electrons. The van der Waals surface area contributed by atoms with Crippen LogP contribution >= 0.6 is 27.5 Å². The molecular formula is C8H9BrClN3O2S. The molecule has 1 aliphatic heterocycles. The first-order valence-electron chi connectivity index (χ1n) is 4.61. The zero-order chi connectivity index (χ0) is 11.8. The Kier molecular flexibility index (Phi) is 3.37. The first kappa shape index (κ1) is 12.1. The van der Waals surface area contributed by atoms with Gasteiger partial charge in [-0.1, -0.05) is 11.6 Å². The van der Waals surface area contributed by atoms with Crippen molar-refractivity contribution in [3.63, 3.8) is 0 Å². The van der Waals surface area contributed by atoms with Gasteiger partial charge in [-0.2, -0.15) is 0 Å². The summed E-state index contributed by atoms with van der Waals surface area (Å²) in [6.45, 7) is 0. The summed E-state index contributed by atoms with van der Waals surface area (Å²) < 4.78 is 23.1. The smallest absolute Gasteiger partial charge is 0.152 e. The van der Waals surface area contributed by atoms with Gasteiger partial charge >= 0.3 is 0 Å². The topological polar surface area (TPSA) is 72.0 Å². The normalized spacial score (nSPS) is 23.2. The summed E-state index contributed by atoms with van der Waals surface area (Å²) in [4.78, 5) is 7.79. The number of anilines is 1. The van der Waals surface area contributed by atoms with Gasteiger partial charge in [-0.15, -0.1) is 0 Å². The van der Waals surface area contributed by atoms with E-state index in [9.17, 15) is 8.42 Å². The van der Waals surface area contributed by atoms with Gasteiger partial charge in [0.25, 0.3) is 0 Å². The standard InChI is InChI=1S/C8H9BrClN3O2S/c9-6-7(10)11-4-12-8(6)13-5-1-2-16(14,15)3-5/h4-5H,1-3H2,(H,11,12,13). The van der Waals surface area contributed by atoms with Crippen molar-refractivity contribution < 1.29 is 8.42 Å². The highest BCUT2D eigenvalue weighted by atomic mass is 79.9. The molecule has 16 heavy (non-hydrogen) atoms. The summed E-state index contributed by atoms with van der Waals surface area (Å²) in [5, 5.41) is 3.35. The maximum atomic E-state index is 11.3. The van der Waals surface area contributed by atoms with Crippen molar-refractivity contribution in [1.82, 2.24) is 9.97 Å². The summed E-state index contributed by atoms with van der Waals surface area (Å²) in [6, 6.07) is -0.104. The summed E-state index contributed by atoms with van der Waals surface area (Å²) in [7, 11) is -2.89. The molecule has 0 amide bonds. The fourth-order valence-corrected chi connectivity index (χ4v) is 3.68. The van der Waals surface area contributed by atoms with Crippen LogP contribution in [0.4, 0.5) is 5.82 Å². The van der Waals surface area contributed by atoms with Gasteiger partial charge in [0.05, 0.1) is 16.0 Å². The predicted octanol–water partition coefficient (Wildman–Crippen LogP) is 1.49. The molecule has 0 aromatic carbocycles. The third kappa shape index (κ3) is 2.64. The van der Waals surface area contributed by atoms with Gasteiger partial charge in [0, 0.05) is 6.04 Å². The first-order chi connectivity index (χ1) is 7.48. The zero-order valence-electron chi connectivity index (χ0n) is 8.15. The van der Waals surface area contributed by atoms with Crippen molar-refractivity contribution in [3.05, 3.63) is 16.0 Å². The van der Waals surface area contributed by atoms with Crippen molar-refractivity contribution in [3.8, 4) is 0 Å². The number of nitrogens with zero attached hydrogens (tertiary/aromatic N) is 2. The number of rotatable bonds is 2. The number of hydrogen-bond acceptors (Lipinski definition) is 5. The Morgan fingerprint density at radius 2 is 2.25 bits per heavy atom. The van der Waals surface area contributed by atoms with Gasteiger partial charge in [0.2, 0.25) is 0 Å². The Balaban J connectivity index is 2.14. The monoisotopic (exact) mass is 325 g/mol. The molecule has 0 bridgehead atoms. The number of halogens is 2. The van der Waals surface area contributed by atoms with Crippen LogP contribution in [0.1, 0.15) is 6.42 Å². The van der Waals surface area contributed by atoms with E-state index >= 15 is 0 Å². The molecule has 5 nitrogen and oxygen atoms in total. The SMILES string of the molecule is O=S1(=O)CCC(Nc2ncnc(Cl)c2Br)C1. The maximum Gasteiger partial charge on any atom is 0.152 e. The van der Waals surface area contributed by atoms with Crippen LogP contribution in [-0.4, -0.2) is 35.9 Å². The van der Waals surface area contributed by atoms with Crippen LogP contribution < -0.4 is 5.32 Å². The average molecular weight is 327 g/mol. The predicted molar refractivity (Wildman–Crippen MR) is 65.4 cm³/mol. The van der Waals surface area contributed by atoms with Crippen molar-refractivity contribution in [2.24, 2.45) is 0 Å². The quantitative estimate of drug-likeness (QED) is 0.834. The lowest BCUT2D eigenvalue weighted by molar-refractivity contribution is 0.602. The largest absolute Gasteiger partial charge is 0.365 e. The molecule has 1 unspecified atom stereocenters. The van der Waals surface area contributed by atoms with Crippen LogP contribution in [0.5, 0.6) is 0 Å². The lowest BCUT2D eigenvalue weighted by Crippen LogP contribution is -2.21. The van der Waals surface area contributed by atoms with E-state index in [4.69, 9.17) is 11.6 Å². The minimum Gasteiger partial charge on any atom is -0.365 e. The molecule has 1 N–H and O–H groups in total. The van der Waals surface area contributed by atoms with E-state index in [1.165, 1.54) is 6.33 Å². The van der Waals surface area contributed by atoms with Crippen LogP contribution in [-0.2, 0) is 9.84 Å². The molecule has 1 aliphatic rings. The van der Waals surface area contributed by atoms with Gasteiger partial charge < -0.3 is 5.32 Å². The fraction of sp³-hybridized carbons (Fsp3) is 0.500. The van der Waals surface area contributed by atoms with Crippen molar-refractivity contribution >= 4 is 43.2 Å². The zero-order valence-corrected chi connectivity index (χ0v) is 11.3. The Morgan fingerprint density at radius 1 is 1.50 bits per heavy atom. The van der Waals surface area contributed by atoms with E-state index in [2.05, 4.69) is 31.2 Å². The molecule has 2 heterocycles. The molecule has 1 aromatic rings. The molecule has 2 rings (SSSR count). The highest BCUT2D eigenvalue weighted by Crippen LogP contribution is 2.27. The molecule has 88 valence electrons.